The van der Waals surface area contributed by atoms with Gasteiger partial charge >= 0.3 is 0 Å². The quantitative estimate of drug-likeness (QED) is 0.871. The van der Waals surface area contributed by atoms with Gasteiger partial charge in [-0.15, -0.1) is 0 Å². The van der Waals surface area contributed by atoms with Gasteiger partial charge in [0, 0.05) is 25.2 Å². The van der Waals surface area contributed by atoms with Crippen molar-refractivity contribution in [2.45, 2.75) is 51.7 Å². The highest BCUT2D eigenvalue weighted by Gasteiger charge is 2.37. The molecule has 2 fully saturated rings. The van der Waals surface area contributed by atoms with E-state index in [2.05, 4.69) is 10.00 Å². The van der Waals surface area contributed by atoms with Crippen LogP contribution in [0.4, 0.5) is 5.82 Å². The van der Waals surface area contributed by atoms with Gasteiger partial charge < -0.3 is 10.0 Å². The third kappa shape index (κ3) is 1.74. The number of anilines is 1. The van der Waals surface area contributed by atoms with Crippen molar-refractivity contribution in [1.82, 2.24) is 9.78 Å². The van der Waals surface area contributed by atoms with Crippen LogP contribution in [0.1, 0.15) is 43.4 Å². The molecule has 1 saturated carbocycles. The van der Waals surface area contributed by atoms with E-state index in [1.807, 2.05) is 18.7 Å². The van der Waals surface area contributed by atoms with Gasteiger partial charge in [0.15, 0.2) is 0 Å². The number of nitrogens with zero attached hydrogens (tertiary/aromatic N) is 3. The van der Waals surface area contributed by atoms with E-state index < -0.39 is 0 Å². The molecule has 1 saturated heterocycles. The third-order valence-corrected chi connectivity index (χ3v) is 4.74. The molecule has 1 aromatic rings. The largest absolute Gasteiger partial charge is 0.391 e. The Kier molecular flexibility index (Phi) is 3.06. The van der Waals surface area contributed by atoms with E-state index in [4.69, 9.17) is 0 Å². The van der Waals surface area contributed by atoms with E-state index in [9.17, 15) is 5.11 Å². The maximum absolute atomic E-state index is 9.60. The number of aliphatic hydroxyl groups is 1. The van der Waals surface area contributed by atoms with Crippen LogP contribution in [0, 0.1) is 12.8 Å². The van der Waals surface area contributed by atoms with E-state index in [0.717, 1.165) is 29.5 Å². The van der Waals surface area contributed by atoms with E-state index in [1.165, 1.54) is 32.1 Å². The first-order valence-electron chi connectivity index (χ1n) is 7.12. The number of hydrogen-bond donors (Lipinski definition) is 1. The van der Waals surface area contributed by atoms with Crippen molar-refractivity contribution in [2.75, 3.05) is 11.4 Å². The Hall–Kier alpha value is -1.03. The molecule has 2 aliphatic rings. The standard InChI is InChI=1S/C14H23N3O/c1-10-12(9-18)14(16(2)15-10)17-8-4-6-11-5-3-7-13(11)17/h11,13,18H,3-9H2,1-2H3. The summed E-state index contributed by atoms with van der Waals surface area (Å²) in [7, 11) is 2.00. The molecule has 3 rings (SSSR count). The Morgan fingerprint density at radius 3 is 2.83 bits per heavy atom. The fraction of sp³-hybridized carbons (Fsp3) is 0.786. The summed E-state index contributed by atoms with van der Waals surface area (Å²) in [5.74, 6) is 2.02. The molecule has 18 heavy (non-hydrogen) atoms. The van der Waals surface area contributed by atoms with Crippen LogP contribution in [0.25, 0.3) is 0 Å². The van der Waals surface area contributed by atoms with Crippen LogP contribution in [-0.4, -0.2) is 27.5 Å². The molecule has 1 N–H and O–H groups in total. The van der Waals surface area contributed by atoms with Crippen molar-refractivity contribution < 1.29 is 5.11 Å². The van der Waals surface area contributed by atoms with Crippen molar-refractivity contribution >= 4 is 5.82 Å². The summed E-state index contributed by atoms with van der Waals surface area (Å²) < 4.78 is 1.96. The SMILES string of the molecule is Cc1nn(C)c(N2CCCC3CCCC32)c1CO. The molecule has 2 atom stereocenters. The number of hydrogen-bond acceptors (Lipinski definition) is 3. The Bertz CT molecular complexity index is 440. The molecule has 0 aromatic carbocycles. The second-order valence-electron chi connectivity index (χ2n) is 5.76. The summed E-state index contributed by atoms with van der Waals surface area (Å²) in [4.78, 5) is 2.52. The second kappa shape index (κ2) is 4.57. The van der Waals surface area contributed by atoms with Crippen LogP contribution in [0.15, 0.2) is 0 Å². The molecule has 4 heteroatoms. The second-order valence-corrected chi connectivity index (χ2v) is 5.76. The maximum Gasteiger partial charge on any atom is 0.132 e. The highest BCUT2D eigenvalue weighted by Crippen LogP contribution is 2.40. The fourth-order valence-corrected chi connectivity index (χ4v) is 3.95. The lowest BCUT2D eigenvalue weighted by Crippen LogP contribution is -2.44. The first-order valence-corrected chi connectivity index (χ1v) is 7.12. The van der Waals surface area contributed by atoms with E-state index >= 15 is 0 Å². The highest BCUT2D eigenvalue weighted by atomic mass is 16.3. The average molecular weight is 249 g/mol. The van der Waals surface area contributed by atoms with Crippen LogP contribution in [0.3, 0.4) is 0 Å². The minimum absolute atomic E-state index is 0.100. The van der Waals surface area contributed by atoms with Crippen molar-refractivity contribution in [3.8, 4) is 0 Å². The van der Waals surface area contributed by atoms with Crippen LogP contribution in [0.5, 0.6) is 0 Å². The molecule has 1 aromatic heterocycles. The zero-order chi connectivity index (χ0) is 12.7. The molecule has 0 amide bonds. The fourth-order valence-electron chi connectivity index (χ4n) is 3.95. The molecule has 100 valence electrons. The predicted molar refractivity (Wildman–Crippen MR) is 71.6 cm³/mol. The molecular weight excluding hydrogens is 226 g/mol. The Morgan fingerprint density at radius 1 is 1.28 bits per heavy atom. The number of aromatic nitrogens is 2. The number of aliphatic hydroxyl groups excluding tert-OH is 1. The third-order valence-electron chi connectivity index (χ3n) is 4.74. The van der Waals surface area contributed by atoms with Gasteiger partial charge in [0.05, 0.1) is 12.3 Å². The molecule has 2 unspecified atom stereocenters. The summed E-state index contributed by atoms with van der Waals surface area (Å²) in [5, 5.41) is 14.1. The summed E-state index contributed by atoms with van der Waals surface area (Å²) in [6.07, 6.45) is 6.70. The zero-order valence-electron chi connectivity index (χ0n) is 11.4. The van der Waals surface area contributed by atoms with Gasteiger partial charge in [-0.3, -0.25) is 4.68 Å². The van der Waals surface area contributed by atoms with Crippen LogP contribution in [0.2, 0.25) is 0 Å². The van der Waals surface area contributed by atoms with Crippen molar-refractivity contribution in [1.29, 1.82) is 0 Å². The minimum atomic E-state index is 0.100. The number of aryl methyl sites for hydroxylation is 2. The maximum atomic E-state index is 9.60. The molecule has 0 radical (unpaired) electrons. The van der Waals surface area contributed by atoms with Gasteiger partial charge in [-0.05, 0) is 38.5 Å². The van der Waals surface area contributed by atoms with Gasteiger partial charge in [0.2, 0.25) is 0 Å². The molecule has 0 bridgehead atoms. The highest BCUT2D eigenvalue weighted by molar-refractivity contribution is 5.51. The minimum Gasteiger partial charge on any atom is -0.391 e. The number of fused-ring (bicyclic) bond motifs is 1. The molecule has 1 aliphatic heterocycles. The number of rotatable bonds is 2. The summed E-state index contributed by atoms with van der Waals surface area (Å²) >= 11 is 0. The summed E-state index contributed by atoms with van der Waals surface area (Å²) in [6, 6.07) is 0.679. The van der Waals surface area contributed by atoms with E-state index in [0.29, 0.717) is 6.04 Å². The lowest BCUT2D eigenvalue weighted by atomic mass is 9.91. The van der Waals surface area contributed by atoms with Gasteiger partial charge in [-0.25, -0.2) is 0 Å². The lowest BCUT2D eigenvalue weighted by molar-refractivity contribution is 0.279. The molecule has 0 spiro atoms. The zero-order valence-corrected chi connectivity index (χ0v) is 11.4. The van der Waals surface area contributed by atoms with Crippen LogP contribution >= 0.6 is 0 Å². The molecule has 4 nitrogen and oxygen atoms in total. The van der Waals surface area contributed by atoms with E-state index in [1.54, 1.807) is 0 Å². The van der Waals surface area contributed by atoms with Crippen molar-refractivity contribution in [3.05, 3.63) is 11.3 Å². The lowest BCUT2D eigenvalue weighted by Gasteiger charge is -2.39. The van der Waals surface area contributed by atoms with Gasteiger partial charge in [0.25, 0.3) is 0 Å². The summed E-state index contributed by atoms with van der Waals surface area (Å²) in [6.45, 7) is 3.21. The van der Waals surface area contributed by atoms with Gasteiger partial charge in [-0.1, -0.05) is 6.42 Å². The van der Waals surface area contributed by atoms with Crippen LogP contribution in [-0.2, 0) is 13.7 Å². The van der Waals surface area contributed by atoms with Crippen molar-refractivity contribution in [3.63, 3.8) is 0 Å². The van der Waals surface area contributed by atoms with E-state index in [-0.39, 0.29) is 6.61 Å². The Morgan fingerprint density at radius 2 is 2.06 bits per heavy atom. The Labute approximate surface area is 109 Å². The summed E-state index contributed by atoms with van der Waals surface area (Å²) in [5.41, 5.74) is 1.99. The average Bonchev–Trinajstić information content (AvgIpc) is 2.92. The Balaban J connectivity index is 1.98. The molecule has 1 aliphatic carbocycles. The normalized spacial score (nSPS) is 27.6. The first-order chi connectivity index (χ1) is 8.72. The van der Waals surface area contributed by atoms with Crippen molar-refractivity contribution in [2.24, 2.45) is 13.0 Å². The topological polar surface area (TPSA) is 41.3 Å². The molecular formula is C14H23N3O. The monoisotopic (exact) mass is 249 g/mol. The number of piperidine rings is 1. The van der Waals surface area contributed by atoms with Gasteiger partial charge in [0.1, 0.15) is 5.82 Å². The smallest absolute Gasteiger partial charge is 0.132 e. The van der Waals surface area contributed by atoms with Crippen LogP contribution < -0.4 is 4.90 Å². The molecule has 2 heterocycles. The predicted octanol–water partition coefficient (Wildman–Crippen LogP) is 1.99. The first kappa shape index (κ1) is 12.0. The van der Waals surface area contributed by atoms with Gasteiger partial charge in [-0.2, -0.15) is 5.10 Å².